The van der Waals surface area contributed by atoms with Crippen LogP contribution in [0.25, 0.3) is 5.69 Å². The quantitative estimate of drug-likeness (QED) is 0.467. The third-order valence-electron chi connectivity index (χ3n) is 4.49. The maximum atomic E-state index is 12.2. The van der Waals surface area contributed by atoms with Crippen LogP contribution >= 0.6 is 0 Å². The molecule has 2 aromatic carbocycles. The minimum absolute atomic E-state index is 0.0429. The van der Waals surface area contributed by atoms with Gasteiger partial charge in [-0.2, -0.15) is 5.10 Å². The Morgan fingerprint density at radius 3 is 2.44 bits per heavy atom. The second kappa shape index (κ2) is 8.45. The molecule has 3 rings (SSSR count). The summed E-state index contributed by atoms with van der Waals surface area (Å²) in [5, 5.41) is 4.17. The summed E-state index contributed by atoms with van der Waals surface area (Å²) < 4.78 is 7.03. The Morgan fingerprint density at radius 2 is 1.78 bits per heavy atom. The highest BCUT2D eigenvalue weighted by Gasteiger charge is 2.11. The first-order chi connectivity index (χ1) is 13.0. The molecule has 27 heavy (non-hydrogen) atoms. The first-order valence-corrected chi connectivity index (χ1v) is 8.88. The molecule has 0 atom stereocenters. The Labute approximate surface area is 158 Å². The van der Waals surface area contributed by atoms with Crippen LogP contribution in [0.2, 0.25) is 0 Å². The molecule has 0 amide bonds. The molecule has 0 aliphatic carbocycles. The number of rotatable bonds is 7. The number of aromatic nitrogens is 2. The summed E-state index contributed by atoms with van der Waals surface area (Å²) in [4.78, 5) is 24.2. The predicted molar refractivity (Wildman–Crippen MR) is 103 cm³/mol. The van der Waals surface area contributed by atoms with E-state index < -0.39 is 0 Å². The number of ether oxygens (including phenoxy) is 1. The van der Waals surface area contributed by atoms with Gasteiger partial charge < -0.3 is 4.74 Å². The number of ketones is 1. The Morgan fingerprint density at radius 1 is 1.00 bits per heavy atom. The summed E-state index contributed by atoms with van der Waals surface area (Å²) in [6.45, 7) is 4.16. The van der Waals surface area contributed by atoms with Crippen molar-refractivity contribution >= 4 is 11.8 Å². The van der Waals surface area contributed by atoms with Gasteiger partial charge in [0.25, 0.3) is 0 Å². The molecule has 0 aliphatic heterocycles. The molecular formula is C22H22N2O3. The second-order valence-electron chi connectivity index (χ2n) is 6.50. The molecule has 138 valence electrons. The third kappa shape index (κ3) is 4.91. The largest absolute Gasteiger partial charge is 0.461 e. The Kier molecular flexibility index (Phi) is 5.81. The van der Waals surface area contributed by atoms with Gasteiger partial charge in [0.05, 0.1) is 12.1 Å². The van der Waals surface area contributed by atoms with E-state index in [4.69, 9.17) is 4.74 Å². The van der Waals surface area contributed by atoms with Gasteiger partial charge >= 0.3 is 5.97 Å². The van der Waals surface area contributed by atoms with E-state index in [9.17, 15) is 9.59 Å². The van der Waals surface area contributed by atoms with Gasteiger partial charge in [0.1, 0.15) is 6.61 Å². The van der Waals surface area contributed by atoms with Crippen molar-refractivity contribution in [2.24, 2.45) is 0 Å². The highest BCUT2D eigenvalue weighted by Crippen LogP contribution is 2.13. The Balaban J connectivity index is 1.46. The third-order valence-corrected chi connectivity index (χ3v) is 4.49. The monoisotopic (exact) mass is 362 g/mol. The van der Waals surface area contributed by atoms with E-state index >= 15 is 0 Å². The van der Waals surface area contributed by atoms with E-state index in [1.54, 1.807) is 16.9 Å². The van der Waals surface area contributed by atoms with Gasteiger partial charge in [0, 0.05) is 24.4 Å². The summed E-state index contributed by atoms with van der Waals surface area (Å²) in [5.74, 6) is -0.415. The summed E-state index contributed by atoms with van der Waals surface area (Å²) in [7, 11) is 0. The van der Waals surface area contributed by atoms with Crippen LogP contribution in [-0.4, -0.2) is 21.5 Å². The maximum Gasteiger partial charge on any atom is 0.306 e. The molecule has 1 heterocycles. The minimum atomic E-state index is -0.372. The summed E-state index contributed by atoms with van der Waals surface area (Å²) in [6, 6.07) is 15.1. The van der Waals surface area contributed by atoms with Crippen LogP contribution in [0.15, 0.2) is 60.9 Å². The van der Waals surface area contributed by atoms with Crippen LogP contribution in [0, 0.1) is 13.8 Å². The summed E-state index contributed by atoms with van der Waals surface area (Å²) in [5.41, 5.74) is 4.68. The topological polar surface area (TPSA) is 61.2 Å². The lowest BCUT2D eigenvalue weighted by Gasteiger charge is -2.07. The lowest BCUT2D eigenvalue weighted by Crippen LogP contribution is -2.08. The number of Topliss-reactive ketones (excluding diaryl/α,β-unsaturated/α-hetero) is 1. The highest BCUT2D eigenvalue weighted by atomic mass is 16.5. The number of hydrogen-bond acceptors (Lipinski definition) is 4. The molecule has 0 spiro atoms. The number of hydrogen-bond donors (Lipinski definition) is 0. The molecule has 1 aromatic heterocycles. The molecular weight excluding hydrogens is 340 g/mol. The van der Waals surface area contributed by atoms with Crippen molar-refractivity contribution in [1.29, 1.82) is 0 Å². The first-order valence-electron chi connectivity index (χ1n) is 8.88. The van der Waals surface area contributed by atoms with Crippen LogP contribution in [-0.2, 0) is 16.1 Å². The normalized spacial score (nSPS) is 10.6. The van der Waals surface area contributed by atoms with Gasteiger partial charge in [-0.15, -0.1) is 0 Å². The van der Waals surface area contributed by atoms with E-state index in [2.05, 4.69) is 5.10 Å². The van der Waals surface area contributed by atoms with Crippen molar-refractivity contribution in [2.75, 3.05) is 0 Å². The number of benzene rings is 2. The number of carbonyl (C=O) groups excluding carboxylic acids is 2. The van der Waals surface area contributed by atoms with E-state index in [-0.39, 0.29) is 31.2 Å². The van der Waals surface area contributed by atoms with Crippen LogP contribution in [0.4, 0.5) is 0 Å². The fourth-order valence-electron chi connectivity index (χ4n) is 2.68. The Bertz CT molecular complexity index is 929. The fraction of sp³-hybridized carbons (Fsp3) is 0.227. The van der Waals surface area contributed by atoms with Crippen LogP contribution in [0.1, 0.15) is 39.9 Å². The van der Waals surface area contributed by atoms with Crippen molar-refractivity contribution in [1.82, 2.24) is 9.78 Å². The standard InChI is InChI=1S/C22H22N2O3/c1-16-4-7-19(14-17(16)2)21(25)10-11-22(26)27-15-18-5-8-20(9-6-18)24-13-3-12-23-24/h3-9,12-14H,10-11,15H2,1-2H3. The van der Waals surface area contributed by atoms with Crippen molar-refractivity contribution in [3.8, 4) is 5.69 Å². The van der Waals surface area contributed by atoms with Crippen molar-refractivity contribution in [3.05, 3.63) is 83.2 Å². The lowest BCUT2D eigenvalue weighted by molar-refractivity contribution is -0.144. The van der Waals surface area contributed by atoms with Crippen molar-refractivity contribution in [3.63, 3.8) is 0 Å². The van der Waals surface area contributed by atoms with Crippen LogP contribution < -0.4 is 0 Å². The fourth-order valence-corrected chi connectivity index (χ4v) is 2.68. The van der Waals surface area contributed by atoms with Gasteiger partial charge in [-0.25, -0.2) is 4.68 Å². The average Bonchev–Trinajstić information content (AvgIpc) is 3.22. The van der Waals surface area contributed by atoms with E-state index in [0.717, 1.165) is 22.4 Å². The maximum absolute atomic E-state index is 12.2. The molecule has 3 aromatic rings. The zero-order chi connectivity index (χ0) is 19.2. The lowest BCUT2D eigenvalue weighted by atomic mass is 10.0. The average molecular weight is 362 g/mol. The number of nitrogens with zero attached hydrogens (tertiary/aromatic N) is 2. The highest BCUT2D eigenvalue weighted by molar-refractivity contribution is 5.97. The summed E-state index contributed by atoms with van der Waals surface area (Å²) >= 11 is 0. The second-order valence-corrected chi connectivity index (χ2v) is 6.50. The molecule has 5 heteroatoms. The zero-order valence-corrected chi connectivity index (χ0v) is 15.5. The molecule has 5 nitrogen and oxygen atoms in total. The van der Waals surface area contributed by atoms with Crippen LogP contribution in [0.5, 0.6) is 0 Å². The Hall–Kier alpha value is -3.21. The van der Waals surface area contributed by atoms with Crippen molar-refractivity contribution in [2.45, 2.75) is 33.3 Å². The van der Waals surface area contributed by atoms with E-state index in [1.807, 2.05) is 62.5 Å². The van der Waals surface area contributed by atoms with Gasteiger partial charge in [-0.1, -0.05) is 24.3 Å². The van der Waals surface area contributed by atoms with Crippen molar-refractivity contribution < 1.29 is 14.3 Å². The van der Waals surface area contributed by atoms with Gasteiger partial charge in [-0.3, -0.25) is 9.59 Å². The number of aryl methyl sites for hydroxylation is 2. The van der Waals surface area contributed by atoms with E-state index in [1.165, 1.54) is 0 Å². The predicted octanol–water partition coefficient (Wildman–Crippen LogP) is 4.20. The minimum Gasteiger partial charge on any atom is -0.461 e. The molecule has 0 bridgehead atoms. The van der Waals surface area contributed by atoms with Gasteiger partial charge in [0.15, 0.2) is 5.78 Å². The number of esters is 1. The molecule has 0 radical (unpaired) electrons. The zero-order valence-electron chi connectivity index (χ0n) is 15.5. The molecule has 0 saturated heterocycles. The molecule has 0 unspecified atom stereocenters. The summed E-state index contributed by atoms with van der Waals surface area (Å²) in [6.07, 6.45) is 3.81. The van der Waals surface area contributed by atoms with Crippen LogP contribution in [0.3, 0.4) is 0 Å². The SMILES string of the molecule is Cc1ccc(C(=O)CCC(=O)OCc2ccc(-n3cccn3)cc2)cc1C. The number of carbonyl (C=O) groups is 2. The van der Waals surface area contributed by atoms with Gasteiger partial charge in [-0.05, 0) is 54.8 Å². The smallest absolute Gasteiger partial charge is 0.306 e. The first kappa shape index (κ1) is 18.6. The molecule has 0 saturated carbocycles. The molecule has 0 N–H and O–H groups in total. The van der Waals surface area contributed by atoms with E-state index in [0.29, 0.717) is 5.56 Å². The molecule has 0 fully saturated rings. The molecule has 0 aliphatic rings. The van der Waals surface area contributed by atoms with Gasteiger partial charge in [0.2, 0.25) is 0 Å².